The molecule has 0 fully saturated rings. The predicted octanol–water partition coefficient (Wildman–Crippen LogP) is 3.37. The van der Waals surface area contributed by atoms with Crippen LogP contribution in [-0.2, 0) is 6.18 Å². The van der Waals surface area contributed by atoms with Gasteiger partial charge in [0.25, 0.3) is 0 Å². The average Bonchev–Trinajstić information content (AvgIpc) is 2.89. The third kappa shape index (κ3) is 2.41. The molecule has 2 aromatic rings. The van der Waals surface area contributed by atoms with Gasteiger partial charge in [-0.2, -0.15) is 13.2 Å². The van der Waals surface area contributed by atoms with Crippen molar-refractivity contribution in [2.75, 3.05) is 7.05 Å². The van der Waals surface area contributed by atoms with Gasteiger partial charge >= 0.3 is 6.18 Å². The Balaban J connectivity index is 2.35. The first kappa shape index (κ1) is 13.1. The lowest BCUT2D eigenvalue weighted by atomic mass is 10.1. The second kappa shape index (κ2) is 4.74. The molecule has 0 radical (unpaired) electrons. The number of nitrogens with zero attached hydrogens (tertiary/aromatic N) is 1. The van der Waals surface area contributed by atoms with Gasteiger partial charge in [-0.3, -0.25) is 0 Å². The van der Waals surface area contributed by atoms with Crippen molar-refractivity contribution in [3.05, 3.63) is 39.7 Å². The summed E-state index contributed by atoms with van der Waals surface area (Å²) in [6.45, 7) is 1.77. The van der Waals surface area contributed by atoms with E-state index in [0.717, 1.165) is 5.56 Å². The van der Waals surface area contributed by atoms with Gasteiger partial charge in [-0.15, -0.1) is 11.3 Å². The third-order valence-corrected chi connectivity index (χ3v) is 3.66. The summed E-state index contributed by atoms with van der Waals surface area (Å²) in [5, 5.41) is 2.14. The number of furan rings is 1. The Morgan fingerprint density at radius 2 is 2.17 bits per heavy atom. The molecule has 0 aliphatic heterocycles. The standard InChI is InChI=1S/C11H11F3N2OS/c1-6-7(3-4-17-6)9(15-2)8-5-16-10(18-8)11(12,13)14/h3-5,9,15H,1-2H3. The predicted molar refractivity (Wildman–Crippen MR) is 61.5 cm³/mol. The van der Waals surface area contributed by atoms with E-state index >= 15 is 0 Å². The van der Waals surface area contributed by atoms with Crippen LogP contribution in [0.2, 0.25) is 0 Å². The summed E-state index contributed by atoms with van der Waals surface area (Å²) in [6, 6.07) is 1.40. The molecule has 0 amide bonds. The van der Waals surface area contributed by atoms with Gasteiger partial charge < -0.3 is 9.73 Å². The first-order chi connectivity index (χ1) is 8.43. The highest BCUT2D eigenvalue weighted by Crippen LogP contribution is 2.36. The van der Waals surface area contributed by atoms with Gasteiger partial charge in [0.05, 0.1) is 12.3 Å². The number of nitrogens with one attached hydrogen (secondary N) is 1. The van der Waals surface area contributed by atoms with Crippen molar-refractivity contribution in [3.63, 3.8) is 0 Å². The number of rotatable bonds is 3. The summed E-state index contributed by atoms with van der Waals surface area (Å²) >= 11 is 0.639. The maximum absolute atomic E-state index is 12.5. The fourth-order valence-corrected chi connectivity index (χ4v) is 2.61. The van der Waals surface area contributed by atoms with E-state index in [1.807, 2.05) is 0 Å². The zero-order chi connectivity index (χ0) is 13.3. The van der Waals surface area contributed by atoms with Crippen LogP contribution < -0.4 is 5.32 Å². The molecule has 0 aliphatic rings. The fraction of sp³-hybridized carbons (Fsp3) is 0.364. The average molecular weight is 276 g/mol. The van der Waals surface area contributed by atoms with Crippen LogP contribution in [0.25, 0.3) is 0 Å². The van der Waals surface area contributed by atoms with E-state index in [1.165, 1.54) is 12.5 Å². The summed E-state index contributed by atoms with van der Waals surface area (Å²) in [4.78, 5) is 3.93. The third-order valence-electron chi connectivity index (χ3n) is 2.55. The number of hydrogen-bond acceptors (Lipinski definition) is 4. The maximum atomic E-state index is 12.5. The largest absolute Gasteiger partial charge is 0.469 e. The fourth-order valence-electron chi connectivity index (χ4n) is 1.70. The minimum atomic E-state index is -4.40. The molecule has 18 heavy (non-hydrogen) atoms. The van der Waals surface area contributed by atoms with Gasteiger partial charge in [-0.05, 0) is 20.0 Å². The Kier molecular flexibility index (Phi) is 3.45. The summed E-state index contributed by atoms with van der Waals surface area (Å²) < 4.78 is 42.7. The van der Waals surface area contributed by atoms with Crippen LogP contribution in [0, 0.1) is 6.92 Å². The van der Waals surface area contributed by atoms with E-state index in [4.69, 9.17) is 4.42 Å². The number of alkyl halides is 3. The van der Waals surface area contributed by atoms with Crippen molar-refractivity contribution in [2.45, 2.75) is 19.1 Å². The molecule has 2 aromatic heterocycles. The van der Waals surface area contributed by atoms with Crippen molar-refractivity contribution in [3.8, 4) is 0 Å². The Hall–Kier alpha value is -1.34. The normalized spacial score (nSPS) is 13.8. The number of halogens is 3. The van der Waals surface area contributed by atoms with Gasteiger partial charge in [0.1, 0.15) is 5.76 Å². The molecule has 2 heterocycles. The van der Waals surface area contributed by atoms with E-state index in [2.05, 4.69) is 10.3 Å². The molecule has 0 saturated carbocycles. The van der Waals surface area contributed by atoms with Crippen LogP contribution in [-0.4, -0.2) is 12.0 Å². The van der Waals surface area contributed by atoms with E-state index in [1.54, 1.807) is 20.0 Å². The number of hydrogen-bond donors (Lipinski definition) is 1. The lowest BCUT2D eigenvalue weighted by Gasteiger charge is -2.12. The second-order valence-electron chi connectivity index (χ2n) is 3.72. The SMILES string of the molecule is CNC(c1cnc(C(F)(F)F)s1)c1ccoc1C. The minimum absolute atomic E-state index is 0.336. The van der Waals surface area contributed by atoms with Gasteiger partial charge in [-0.25, -0.2) is 4.98 Å². The Labute approximate surface area is 106 Å². The topological polar surface area (TPSA) is 38.1 Å². The van der Waals surface area contributed by atoms with E-state index in [9.17, 15) is 13.2 Å². The molecule has 7 heteroatoms. The van der Waals surface area contributed by atoms with Crippen LogP contribution in [0.1, 0.15) is 27.3 Å². The molecule has 98 valence electrons. The molecule has 1 unspecified atom stereocenters. The monoisotopic (exact) mass is 276 g/mol. The van der Waals surface area contributed by atoms with Crippen molar-refractivity contribution in [2.24, 2.45) is 0 Å². The summed E-state index contributed by atoms with van der Waals surface area (Å²) in [5.41, 5.74) is 0.815. The van der Waals surface area contributed by atoms with Crippen LogP contribution in [0.5, 0.6) is 0 Å². The van der Waals surface area contributed by atoms with Gasteiger partial charge in [0.15, 0.2) is 5.01 Å². The van der Waals surface area contributed by atoms with Crippen molar-refractivity contribution in [1.29, 1.82) is 0 Å². The molecular formula is C11H11F3N2OS. The van der Waals surface area contributed by atoms with Crippen LogP contribution in [0.4, 0.5) is 13.2 Å². The van der Waals surface area contributed by atoms with Crippen LogP contribution in [0.3, 0.4) is 0 Å². The Bertz CT molecular complexity index is 532. The van der Waals surface area contributed by atoms with Gasteiger partial charge in [-0.1, -0.05) is 0 Å². The van der Waals surface area contributed by atoms with Gasteiger partial charge in [0, 0.05) is 16.6 Å². The number of aryl methyl sites for hydroxylation is 1. The smallest absolute Gasteiger partial charge is 0.443 e. The lowest BCUT2D eigenvalue weighted by molar-refractivity contribution is -0.137. The van der Waals surface area contributed by atoms with E-state index in [-0.39, 0.29) is 6.04 Å². The molecule has 0 spiro atoms. The molecule has 3 nitrogen and oxygen atoms in total. The molecular weight excluding hydrogens is 265 g/mol. The van der Waals surface area contributed by atoms with E-state index < -0.39 is 11.2 Å². The van der Waals surface area contributed by atoms with Crippen LogP contribution >= 0.6 is 11.3 Å². The number of aromatic nitrogens is 1. The summed E-state index contributed by atoms with van der Waals surface area (Å²) in [6.07, 6.45) is -1.63. The molecule has 1 atom stereocenters. The lowest BCUT2D eigenvalue weighted by Crippen LogP contribution is -2.16. The summed E-state index contributed by atoms with van der Waals surface area (Å²) in [5.74, 6) is 0.677. The number of thiazole rings is 1. The first-order valence-electron chi connectivity index (χ1n) is 5.17. The van der Waals surface area contributed by atoms with Crippen molar-refractivity contribution in [1.82, 2.24) is 10.3 Å². The second-order valence-corrected chi connectivity index (χ2v) is 4.78. The van der Waals surface area contributed by atoms with Crippen molar-refractivity contribution >= 4 is 11.3 Å². The molecule has 0 saturated heterocycles. The quantitative estimate of drug-likeness (QED) is 0.934. The molecule has 0 bridgehead atoms. The Morgan fingerprint density at radius 3 is 2.61 bits per heavy atom. The van der Waals surface area contributed by atoms with Gasteiger partial charge in [0.2, 0.25) is 0 Å². The minimum Gasteiger partial charge on any atom is -0.469 e. The first-order valence-corrected chi connectivity index (χ1v) is 5.99. The molecule has 2 rings (SSSR count). The highest BCUT2D eigenvalue weighted by Gasteiger charge is 2.35. The van der Waals surface area contributed by atoms with Crippen molar-refractivity contribution < 1.29 is 17.6 Å². The maximum Gasteiger partial charge on any atom is 0.443 e. The highest BCUT2D eigenvalue weighted by molar-refractivity contribution is 7.11. The highest BCUT2D eigenvalue weighted by atomic mass is 32.1. The molecule has 1 N–H and O–H groups in total. The molecule has 0 aromatic carbocycles. The molecule has 0 aliphatic carbocycles. The van der Waals surface area contributed by atoms with E-state index in [0.29, 0.717) is 22.0 Å². The zero-order valence-corrected chi connectivity index (χ0v) is 10.5. The summed E-state index contributed by atoms with van der Waals surface area (Å²) in [7, 11) is 1.68. The van der Waals surface area contributed by atoms with Crippen LogP contribution in [0.15, 0.2) is 22.9 Å². The Morgan fingerprint density at radius 1 is 1.44 bits per heavy atom. The zero-order valence-electron chi connectivity index (χ0n) is 9.71.